The van der Waals surface area contributed by atoms with Crippen molar-refractivity contribution < 1.29 is 35.4 Å². The van der Waals surface area contributed by atoms with Crippen LogP contribution in [0, 0.1) is 10.1 Å². The maximum absolute atomic E-state index is 13.4. The largest absolute Gasteiger partial charge is 0.495 e. The SMILES string of the molecule is COc1ccc(C(OS(=O)(=O)c2cccc([N+](=O)[O-])c2)C(F)(F)F)cc1Cl. The standard InChI is InChI=1S/C15H11ClF3NO6S/c1-25-13-6-5-9(7-12(13)16)14(15(17,18)19)26-27(23,24)11-4-2-3-10(8-11)20(21)22/h2-8,14H,1H3. The lowest BCUT2D eigenvalue weighted by Gasteiger charge is -2.21. The lowest BCUT2D eigenvalue weighted by molar-refractivity contribution is -0.385. The maximum atomic E-state index is 13.4. The second kappa shape index (κ2) is 7.71. The third-order valence-corrected chi connectivity index (χ3v) is 4.89. The highest BCUT2D eigenvalue weighted by molar-refractivity contribution is 7.86. The van der Waals surface area contributed by atoms with Crippen molar-refractivity contribution >= 4 is 27.4 Å². The maximum Gasteiger partial charge on any atom is 0.420 e. The van der Waals surface area contributed by atoms with Gasteiger partial charge in [0.2, 0.25) is 0 Å². The molecule has 7 nitrogen and oxygen atoms in total. The van der Waals surface area contributed by atoms with Crippen molar-refractivity contribution in [2.24, 2.45) is 0 Å². The van der Waals surface area contributed by atoms with Crippen LogP contribution in [-0.4, -0.2) is 26.6 Å². The highest BCUT2D eigenvalue weighted by atomic mass is 35.5. The summed E-state index contributed by atoms with van der Waals surface area (Å²) in [5.74, 6) is 0.0860. The molecule has 0 aliphatic carbocycles. The molecule has 1 unspecified atom stereocenters. The van der Waals surface area contributed by atoms with E-state index in [2.05, 4.69) is 4.18 Å². The van der Waals surface area contributed by atoms with E-state index in [1.165, 1.54) is 7.11 Å². The summed E-state index contributed by atoms with van der Waals surface area (Å²) in [7, 11) is -3.72. The van der Waals surface area contributed by atoms with Gasteiger partial charge >= 0.3 is 6.18 Å². The van der Waals surface area contributed by atoms with E-state index in [0.29, 0.717) is 6.07 Å². The Morgan fingerprint density at radius 1 is 1.19 bits per heavy atom. The highest BCUT2D eigenvalue weighted by Crippen LogP contribution is 2.40. The number of benzene rings is 2. The Labute approximate surface area is 156 Å². The predicted molar refractivity (Wildman–Crippen MR) is 88.2 cm³/mol. The van der Waals surface area contributed by atoms with Crippen molar-refractivity contribution in [1.29, 1.82) is 0 Å². The molecular formula is C15H11ClF3NO6S. The van der Waals surface area contributed by atoms with Gasteiger partial charge in [0, 0.05) is 12.1 Å². The average molecular weight is 426 g/mol. The van der Waals surface area contributed by atoms with E-state index >= 15 is 0 Å². The molecule has 0 spiro atoms. The Morgan fingerprint density at radius 3 is 2.37 bits per heavy atom. The second-order valence-corrected chi connectivity index (χ2v) is 7.10. The molecule has 0 fully saturated rings. The van der Waals surface area contributed by atoms with Crippen molar-refractivity contribution in [2.75, 3.05) is 7.11 Å². The quantitative estimate of drug-likeness (QED) is 0.389. The van der Waals surface area contributed by atoms with E-state index in [-0.39, 0.29) is 10.8 Å². The molecule has 0 aliphatic rings. The number of methoxy groups -OCH3 is 1. The Hall–Kier alpha value is -2.37. The van der Waals surface area contributed by atoms with Crippen LogP contribution in [0.15, 0.2) is 47.4 Å². The number of hydrogen-bond donors (Lipinski definition) is 0. The second-order valence-electron chi connectivity index (χ2n) is 5.12. The third kappa shape index (κ3) is 4.87. The van der Waals surface area contributed by atoms with Gasteiger partial charge in [-0.3, -0.25) is 10.1 Å². The fourth-order valence-corrected chi connectivity index (χ4v) is 3.44. The van der Waals surface area contributed by atoms with Crippen LogP contribution >= 0.6 is 11.6 Å². The number of alkyl halides is 3. The summed E-state index contributed by atoms with van der Waals surface area (Å²) in [4.78, 5) is 9.07. The van der Waals surface area contributed by atoms with Gasteiger partial charge in [0.15, 0.2) is 6.10 Å². The zero-order valence-electron chi connectivity index (χ0n) is 13.4. The summed E-state index contributed by atoms with van der Waals surface area (Å²) < 4.78 is 73.9. The van der Waals surface area contributed by atoms with E-state index in [1.54, 1.807) is 0 Å². The molecule has 0 amide bonds. The van der Waals surface area contributed by atoms with Crippen molar-refractivity contribution in [2.45, 2.75) is 17.2 Å². The van der Waals surface area contributed by atoms with Crippen LogP contribution in [0.1, 0.15) is 11.7 Å². The van der Waals surface area contributed by atoms with E-state index in [9.17, 15) is 31.7 Å². The summed E-state index contributed by atoms with van der Waals surface area (Å²) >= 11 is 5.80. The van der Waals surface area contributed by atoms with Gasteiger partial charge in [-0.15, -0.1) is 0 Å². The molecule has 146 valence electrons. The number of nitro benzene ring substituents is 1. The summed E-state index contributed by atoms with van der Waals surface area (Å²) in [6.45, 7) is 0. The van der Waals surface area contributed by atoms with Crippen LogP contribution in [0.4, 0.5) is 18.9 Å². The molecule has 0 heterocycles. The normalized spacial score (nSPS) is 13.2. The first-order chi connectivity index (χ1) is 12.5. The fourth-order valence-electron chi connectivity index (χ4n) is 2.08. The average Bonchev–Trinajstić information content (AvgIpc) is 2.59. The molecule has 27 heavy (non-hydrogen) atoms. The van der Waals surface area contributed by atoms with E-state index in [1.807, 2.05) is 0 Å². The lowest BCUT2D eigenvalue weighted by Crippen LogP contribution is -2.26. The van der Waals surface area contributed by atoms with Gasteiger partial charge in [0.05, 0.1) is 17.1 Å². The van der Waals surface area contributed by atoms with E-state index in [0.717, 1.165) is 36.4 Å². The number of nitrogens with zero attached hydrogens (tertiary/aromatic N) is 1. The molecule has 0 aromatic heterocycles. The van der Waals surface area contributed by atoms with Crippen LogP contribution in [0.5, 0.6) is 5.75 Å². The molecule has 0 N–H and O–H groups in total. The minimum Gasteiger partial charge on any atom is -0.495 e. The minimum atomic E-state index is -5.11. The smallest absolute Gasteiger partial charge is 0.420 e. The number of non-ortho nitro benzene ring substituents is 1. The molecule has 0 bridgehead atoms. The highest BCUT2D eigenvalue weighted by Gasteiger charge is 2.45. The van der Waals surface area contributed by atoms with Crippen LogP contribution < -0.4 is 4.74 Å². The first-order valence-electron chi connectivity index (χ1n) is 7.03. The molecule has 0 saturated heterocycles. The zero-order valence-corrected chi connectivity index (χ0v) is 15.0. The third-order valence-electron chi connectivity index (χ3n) is 3.32. The van der Waals surface area contributed by atoms with Crippen LogP contribution in [0.2, 0.25) is 5.02 Å². The molecular weight excluding hydrogens is 415 g/mol. The molecule has 2 aromatic rings. The van der Waals surface area contributed by atoms with Crippen molar-refractivity contribution in [3.05, 3.63) is 63.2 Å². The molecule has 1 atom stereocenters. The van der Waals surface area contributed by atoms with Gasteiger partial charge in [-0.1, -0.05) is 23.7 Å². The molecule has 2 rings (SSSR count). The van der Waals surface area contributed by atoms with Crippen LogP contribution in [-0.2, 0) is 14.3 Å². The first-order valence-corrected chi connectivity index (χ1v) is 8.82. The Balaban J connectivity index is 2.46. The van der Waals surface area contributed by atoms with Gasteiger partial charge in [0.25, 0.3) is 15.8 Å². The molecule has 12 heteroatoms. The minimum absolute atomic E-state index is 0.0860. The molecule has 2 aromatic carbocycles. The van der Waals surface area contributed by atoms with Gasteiger partial charge in [-0.25, -0.2) is 4.18 Å². The Kier molecular flexibility index (Phi) is 5.97. The summed E-state index contributed by atoms with van der Waals surface area (Å²) in [5, 5.41) is 10.6. The number of rotatable bonds is 6. The number of ether oxygens (including phenoxy) is 1. The molecule has 0 radical (unpaired) electrons. The fraction of sp³-hybridized carbons (Fsp3) is 0.200. The van der Waals surface area contributed by atoms with Gasteiger partial charge in [-0.05, 0) is 23.8 Å². The topological polar surface area (TPSA) is 95.7 Å². The number of halogens is 4. The van der Waals surface area contributed by atoms with Gasteiger partial charge in [-0.2, -0.15) is 21.6 Å². The zero-order chi connectivity index (χ0) is 20.4. The first kappa shape index (κ1) is 20.9. The molecule has 0 aliphatic heterocycles. The van der Waals surface area contributed by atoms with Crippen LogP contribution in [0.3, 0.4) is 0 Å². The van der Waals surface area contributed by atoms with Crippen molar-refractivity contribution in [3.63, 3.8) is 0 Å². The van der Waals surface area contributed by atoms with Crippen molar-refractivity contribution in [3.8, 4) is 5.75 Å². The monoisotopic (exact) mass is 425 g/mol. The van der Waals surface area contributed by atoms with Gasteiger partial charge in [0.1, 0.15) is 10.6 Å². The summed E-state index contributed by atoms with van der Waals surface area (Å²) in [6.07, 6.45) is -7.98. The number of hydrogen-bond acceptors (Lipinski definition) is 6. The van der Waals surface area contributed by atoms with Gasteiger partial charge < -0.3 is 4.74 Å². The number of nitro groups is 1. The van der Waals surface area contributed by atoms with E-state index < -0.39 is 43.5 Å². The molecule has 0 saturated carbocycles. The van der Waals surface area contributed by atoms with E-state index in [4.69, 9.17) is 16.3 Å². The Bertz CT molecular complexity index is 964. The van der Waals surface area contributed by atoms with Crippen LogP contribution in [0.25, 0.3) is 0 Å². The van der Waals surface area contributed by atoms with Crippen molar-refractivity contribution in [1.82, 2.24) is 0 Å². The predicted octanol–water partition coefficient (Wildman–Crippen LogP) is 4.27. The summed E-state index contributed by atoms with van der Waals surface area (Å²) in [6, 6.07) is 6.43. The summed E-state index contributed by atoms with van der Waals surface area (Å²) in [5.41, 5.74) is -1.20. The lowest BCUT2D eigenvalue weighted by atomic mass is 10.1. The Morgan fingerprint density at radius 2 is 1.85 bits per heavy atom.